The molecule has 1 aromatic heterocycles. The Morgan fingerprint density at radius 1 is 1.33 bits per heavy atom. The van der Waals surface area contributed by atoms with E-state index in [0.29, 0.717) is 6.04 Å². The minimum absolute atomic E-state index is 0.687. The molecule has 0 unspecified atom stereocenters. The molecule has 0 bridgehead atoms. The van der Waals surface area contributed by atoms with Crippen LogP contribution >= 0.6 is 0 Å². The SMILES string of the molecule is Cc1ccn(C2CCCCC2)n1. The lowest BCUT2D eigenvalue weighted by Gasteiger charge is -2.21. The predicted molar refractivity (Wildman–Crippen MR) is 49.1 cm³/mol. The van der Waals surface area contributed by atoms with Crippen LogP contribution in [0.1, 0.15) is 43.8 Å². The molecule has 0 atom stereocenters. The van der Waals surface area contributed by atoms with Gasteiger partial charge < -0.3 is 0 Å². The Balaban J connectivity index is 2.08. The molecule has 0 spiro atoms. The van der Waals surface area contributed by atoms with Gasteiger partial charge in [0.2, 0.25) is 0 Å². The third-order valence-electron chi connectivity index (χ3n) is 2.69. The fourth-order valence-electron chi connectivity index (χ4n) is 1.98. The molecule has 12 heavy (non-hydrogen) atoms. The summed E-state index contributed by atoms with van der Waals surface area (Å²) in [5.74, 6) is 0. The van der Waals surface area contributed by atoms with Crippen molar-refractivity contribution in [3.05, 3.63) is 18.0 Å². The highest BCUT2D eigenvalue weighted by Gasteiger charge is 2.14. The van der Waals surface area contributed by atoms with Gasteiger partial charge in [0, 0.05) is 6.20 Å². The number of hydrogen-bond acceptors (Lipinski definition) is 1. The maximum atomic E-state index is 4.45. The van der Waals surface area contributed by atoms with Crippen LogP contribution in [0.2, 0.25) is 0 Å². The van der Waals surface area contributed by atoms with E-state index in [-0.39, 0.29) is 0 Å². The maximum Gasteiger partial charge on any atom is 0.0593 e. The largest absolute Gasteiger partial charge is 0.269 e. The van der Waals surface area contributed by atoms with Gasteiger partial charge in [-0.1, -0.05) is 19.3 Å². The summed E-state index contributed by atoms with van der Waals surface area (Å²) in [6, 6.07) is 2.78. The summed E-state index contributed by atoms with van der Waals surface area (Å²) < 4.78 is 2.15. The van der Waals surface area contributed by atoms with Gasteiger partial charge in [-0.05, 0) is 25.8 Å². The minimum Gasteiger partial charge on any atom is -0.269 e. The molecule has 1 saturated carbocycles. The average molecular weight is 164 g/mol. The summed E-state index contributed by atoms with van der Waals surface area (Å²) in [6.07, 6.45) is 8.93. The molecule has 1 heterocycles. The van der Waals surface area contributed by atoms with Crippen molar-refractivity contribution in [2.45, 2.75) is 45.1 Å². The molecule has 0 aliphatic heterocycles. The lowest BCUT2D eigenvalue weighted by Crippen LogP contribution is -2.13. The fourth-order valence-corrected chi connectivity index (χ4v) is 1.98. The number of hydrogen-bond donors (Lipinski definition) is 0. The van der Waals surface area contributed by atoms with Crippen molar-refractivity contribution in [2.75, 3.05) is 0 Å². The summed E-state index contributed by atoms with van der Waals surface area (Å²) in [7, 11) is 0. The Morgan fingerprint density at radius 2 is 2.08 bits per heavy atom. The monoisotopic (exact) mass is 164 g/mol. The minimum atomic E-state index is 0.687. The van der Waals surface area contributed by atoms with E-state index < -0.39 is 0 Å². The third kappa shape index (κ3) is 1.52. The van der Waals surface area contributed by atoms with Gasteiger partial charge >= 0.3 is 0 Å². The molecule has 66 valence electrons. The maximum absolute atomic E-state index is 4.45. The molecule has 0 saturated heterocycles. The van der Waals surface area contributed by atoms with Gasteiger partial charge in [0.1, 0.15) is 0 Å². The number of aromatic nitrogens is 2. The van der Waals surface area contributed by atoms with E-state index in [4.69, 9.17) is 0 Å². The van der Waals surface area contributed by atoms with Crippen molar-refractivity contribution in [1.82, 2.24) is 9.78 Å². The zero-order valence-corrected chi connectivity index (χ0v) is 7.66. The molecule has 1 fully saturated rings. The highest BCUT2D eigenvalue weighted by Crippen LogP contribution is 2.27. The Bertz CT molecular complexity index is 246. The second kappa shape index (κ2) is 3.30. The smallest absolute Gasteiger partial charge is 0.0593 e. The zero-order valence-electron chi connectivity index (χ0n) is 7.66. The van der Waals surface area contributed by atoms with Crippen LogP contribution in [0, 0.1) is 6.92 Å². The van der Waals surface area contributed by atoms with Gasteiger partial charge in [0.25, 0.3) is 0 Å². The molecule has 0 N–H and O–H groups in total. The molecule has 0 aromatic carbocycles. The van der Waals surface area contributed by atoms with E-state index in [1.807, 2.05) is 0 Å². The van der Waals surface area contributed by atoms with Crippen molar-refractivity contribution in [3.63, 3.8) is 0 Å². The normalized spacial score (nSPS) is 19.8. The predicted octanol–water partition coefficient (Wildman–Crippen LogP) is 2.70. The fraction of sp³-hybridized carbons (Fsp3) is 0.700. The third-order valence-corrected chi connectivity index (χ3v) is 2.69. The molecule has 0 radical (unpaired) electrons. The summed E-state index contributed by atoms with van der Waals surface area (Å²) >= 11 is 0. The highest BCUT2D eigenvalue weighted by molar-refractivity contribution is 4.96. The second-order valence-corrected chi connectivity index (χ2v) is 3.73. The van der Waals surface area contributed by atoms with Gasteiger partial charge in [-0.2, -0.15) is 5.10 Å². The molecule has 1 aliphatic rings. The molecule has 1 aromatic rings. The quantitative estimate of drug-likeness (QED) is 0.624. The zero-order chi connectivity index (χ0) is 8.39. The molecule has 1 aliphatic carbocycles. The number of aryl methyl sites for hydroxylation is 1. The number of nitrogens with zero attached hydrogens (tertiary/aromatic N) is 2. The summed E-state index contributed by atoms with van der Waals surface area (Å²) in [5.41, 5.74) is 1.14. The highest BCUT2D eigenvalue weighted by atomic mass is 15.3. The number of rotatable bonds is 1. The average Bonchev–Trinajstić information content (AvgIpc) is 2.54. The molecule has 2 nitrogen and oxygen atoms in total. The molecular weight excluding hydrogens is 148 g/mol. The van der Waals surface area contributed by atoms with Crippen LogP contribution in [0.5, 0.6) is 0 Å². The topological polar surface area (TPSA) is 17.8 Å². The van der Waals surface area contributed by atoms with Gasteiger partial charge in [-0.3, -0.25) is 4.68 Å². The van der Waals surface area contributed by atoms with Gasteiger partial charge in [-0.25, -0.2) is 0 Å². The molecule has 2 rings (SSSR count). The first-order valence-corrected chi connectivity index (χ1v) is 4.88. The molecule has 0 amide bonds. The van der Waals surface area contributed by atoms with E-state index in [2.05, 4.69) is 29.0 Å². The first kappa shape index (κ1) is 7.84. The Morgan fingerprint density at radius 3 is 2.67 bits per heavy atom. The summed E-state index contributed by atoms with van der Waals surface area (Å²) in [5, 5.41) is 4.45. The van der Waals surface area contributed by atoms with Crippen LogP contribution in [-0.4, -0.2) is 9.78 Å². The van der Waals surface area contributed by atoms with Crippen molar-refractivity contribution >= 4 is 0 Å². The van der Waals surface area contributed by atoms with E-state index in [1.54, 1.807) is 0 Å². The van der Waals surface area contributed by atoms with Crippen LogP contribution < -0.4 is 0 Å². The Hall–Kier alpha value is -0.790. The first-order chi connectivity index (χ1) is 5.86. The lowest BCUT2D eigenvalue weighted by molar-refractivity contribution is 0.328. The van der Waals surface area contributed by atoms with Gasteiger partial charge in [0.15, 0.2) is 0 Å². The first-order valence-electron chi connectivity index (χ1n) is 4.88. The Kier molecular flexibility index (Phi) is 2.15. The second-order valence-electron chi connectivity index (χ2n) is 3.73. The van der Waals surface area contributed by atoms with E-state index in [1.165, 1.54) is 32.1 Å². The van der Waals surface area contributed by atoms with Crippen molar-refractivity contribution in [1.29, 1.82) is 0 Å². The van der Waals surface area contributed by atoms with Crippen LogP contribution in [0.3, 0.4) is 0 Å². The van der Waals surface area contributed by atoms with Crippen LogP contribution in [0.4, 0.5) is 0 Å². The summed E-state index contributed by atoms with van der Waals surface area (Å²) in [6.45, 7) is 2.05. The van der Waals surface area contributed by atoms with Crippen molar-refractivity contribution < 1.29 is 0 Å². The van der Waals surface area contributed by atoms with Crippen LogP contribution in [0.25, 0.3) is 0 Å². The van der Waals surface area contributed by atoms with Crippen molar-refractivity contribution in [2.24, 2.45) is 0 Å². The van der Waals surface area contributed by atoms with Gasteiger partial charge in [-0.15, -0.1) is 0 Å². The summed E-state index contributed by atoms with van der Waals surface area (Å²) in [4.78, 5) is 0. The Labute approximate surface area is 73.6 Å². The van der Waals surface area contributed by atoms with Crippen LogP contribution in [-0.2, 0) is 0 Å². The molecular formula is C10H16N2. The molecule has 2 heteroatoms. The van der Waals surface area contributed by atoms with E-state index in [0.717, 1.165) is 5.69 Å². The van der Waals surface area contributed by atoms with Crippen molar-refractivity contribution in [3.8, 4) is 0 Å². The van der Waals surface area contributed by atoms with E-state index >= 15 is 0 Å². The lowest BCUT2D eigenvalue weighted by atomic mass is 9.96. The van der Waals surface area contributed by atoms with Crippen LogP contribution in [0.15, 0.2) is 12.3 Å². The van der Waals surface area contributed by atoms with E-state index in [9.17, 15) is 0 Å². The standard InChI is InChI=1S/C10H16N2/c1-9-7-8-12(11-9)10-5-3-2-4-6-10/h7-8,10H,2-6H2,1H3. The van der Waals surface area contributed by atoms with Gasteiger partial charge in [0.05, 0.1) is 11.7 Å².